The molecule has 1 aliphatic rings. The molecule has 0 bridgehead atoms. The van der Waals surface area contributed by atoms with Crippen LogP contribution in [0.15, 0.2) is 24.3 Å². The molecule has 1 fully saturated rings. The van der Waals surface area contributed by atoms with Gasteiger partial charge in [-0.2, -0.15) is 0 Å². The van der Waals surface area contributed by atoms with E-state index in [1.54, 1.807) is 7.11 Å². The van der Waals surface area contributed by atoms with E-state index in [9.17, 15) is 4.79 Å². The minimum Gasteiger partial charge on any atom is -0.369 e. The summed E-state index contributed by atoms with van der Waals surface area (Å²) in [7, 11) is 1.58. The lowest BCUT2D eigenvalue weighted by Gasteiger charge is -2.39. The molecule has 0 N–H and O–H groups in total. The average molecular weight is 276 g/mol. The number of amides is 1. The van der Waals surface area contributed by atoms with Gasteiger partial charge in [0.1, 0.15) is 5.60 Å². The summed E-state index contributed by atoms with van der Waals surface area (Å²) in [5.41, 5.74) is 1.77. The first-order valence-corrected chi connectivity index (χ1v) is 7.10. The van der Waals surface area contributed by atoms with E-state index in [1.165, 1.54) is 11.3 Å². The van der Waals surface area contributed by atoms with E-state index in [-0.39, 0.29) is 5.91 Å². The molecule has 1 aliphatic heterocycles. The Morgan fingerprint density at radius 1 is 1.10 bits per heavy atom. The van der Waals surface area contributed by atoms with E-state index >= 15 is 0 Å². The van der Waals surface area contributed by atoms with E-state index in [4.69, 9.17) is 4.74 Å². The zero-order valence-corrected chi connectivity index (χ0v) is 12.8. The van der Waals surface area contributed by atoms with Crippen LogP contribution in [0.4, 0.5) is 5.69 Å². The van der Waals surface area contributed by atoms with Crippen LogP contribution in [0.5, 0.6) is 0 Å². The molecule has 0 saturated carbocycles. The molecule has 2 rings (SSSR count). The number of nitrogens with zero attached hydrogens (tertiary/aromatic N) is 2. The van der Waals surface area contributed by atoms with Gasteiger partial charge >= 0.3 is 0 Å². The monoisotopic (exact) mass is 276 g/mol. The summed E-state index contributed by atoms with van der Waals surface area (Å²) in [4.78, 5) is 16.5. The van der Waals surface area contributed by atoms with Gasteiger partial charge in [-0.05, 0) is 32.9 Å². The summed E-state index contributed by atoms with van der Waals surface area (Å²) in [6.07, 6.45) is 0. The molecule has 4 heteroatoms. The minimum atomic E-state index is -0.730. The predicted octanol–water partition coefficient (Wildman–Crippen LogP) is 2.07. The molecule has 1 aromatic rings. The SMILES string of the molecule is COC(C)(C)C(=O)N1CCN(c2ccc(C)cc2)CC1. The van der Waals surface area contributed by atoms with Crippen LogP contribution in [0.2, 0.25) is 0 Å². The highest BCUT2D eigenvalue weighted by atomic mass is 16.5. The van der Waals surface area contributed by atoms with Crippen molar-refractivity contribution in [3.8, 4) is 0 Å². The maximum atomic E-state index is 12.3. The van der Waals surface area contributed by atoms with E-state index in [0.29, 0.717) is 0 Å². The lowest BCUT2D eigenvalue weighted by molar-refractivity contribution is -0.151. The standard InChI is InChI=1S/C16H24N2O2/c1-13-5-7-14(8-6-13)17-9-11-18(12-10-17)15(19)16(2,3)20-4/h5-8H,9-12H2,1-4H3. The summed E-state index contributed by atoms with van der Waals surface area (Å²) in [5, 5.41) is 0. The number of hydrogen-bond acceptors (Lipinski definition) is 3. The molecule has 0 aromatic heterocycles. The molecular formula is C16H24N2O2. The molecule has 0 atom stereocenters. The van der Waals surface area contributed by atoms with Crippen LogP contribution in [0.1, 0.15) is 19.4 Å². The number of rotatable bonds is 3. The summed E-state index contributed by atoms with van der Waals surface area (Å²) in [6.45, 7) is 8.97. The second-order valence-electron chi connectivity index (χ2n) is 5.83. The number of hydrogen-bond donors (Lipinski definition) is 0. The highest BCUT2D eigenvalue weighted by Gasteiger charge is 2.33. The van der Waals surface area contributed by atoms with Crippen molar-refractivity contribution in [3.05, 3.63) is 29.8 Å². The van der Waals surface area contributed by atoms with Gasteiger partial charge in [-0.3, -0.25) is 4.79 Å². The fourth-order valence-electron chi connectivity index (χ4n) is 2.39. The van der Waals surface area contributed by atoms with Crippen LogP contribution in [-0.4, -0.2) is 49.7 Å². The van der Waals surface area contributed by atoms with Gasteiger partial charge in [-0.1, -0.05) is 17.7 Å². The number of anilines is 1. The van der Waals surface area contributed by atoms with Gasteiger partial charge in [0.2, 0.25) is 0 Å². The summed E-state index contributed by atoms with van der Waals surface area (Å²) in [6, 6.07) is 8.54. The Bertz CT molecular complexity index is 460. The number of piperazine rings is 1. The van der Waals surface area contributed by atoms with Crippen molar-refractivity contribution >= 4 is 11.6 Å². The molecule has 20 heavy (non-hydrogen) atoms. The van der Waals surface area contributed by atoms with E-state index in [0.717, 1.165) is 26.2 Å². The third-order valence-electron chi connectivity index (χ3n) is 3.99. The molecule has 0 radical (unpaired) electrons. The topological polar surface area (TPSA) is 32.8 Å². The molecule has 1 amide bonds. The van der Waals surface area contributed by atoms with Crippen molar-refractivity contribution in [3.63, 3.8) is 0 Å². The van der Waals surface area contributed by atoms with Crippen molar-refractivity contribution in [2.24, 2.45) is 0 Å². The number of benzene rings is 1. The number of aryl methyl sites for hydroxylation is 1. The van der Waals surface area contributed by atoms with Gasteiger partial charge in [-0.15, -0.1) is 0 Å². The van der Waals surface area contributed by atoms with Crippen molar-refractivity contribution in [1.82, 2.24) is 4.90 Å². The zero-order valence-electron chi connectivity index (χ0n) is 12.8. The predicted molar refractivity (Wildman–Crippen MR) is 81.1 cm³/mol. The number of carbonyl (C=O) groups is 1. The largest absolute Gasteiger partial charge is 0.369 e. The van der Waals surface area contributed by atoms with Crippen molar-refractivity contribution in [2.45, 2.75) is 26.4 Å². The molecule has 0 aliphatic carbocycles. The van der Waals surface area contributed by atoms with Gasteiger partial charge in [0.05, 0.1) is 0 Å². The van der Waals surface area contributed by atoms with Crippen LogP contribution in [0.3, 0.4) is 0 Å². The van der Waals surface area contributed by atoms with E-state index in [1.807, 2.05) is 18.7 Å². The fourth-order valence-corrected chi connectivity index (χ4v) is 2.39. The third kappa shape index (κ3) is 3.12. The average Bonchev–Trinajstić information content (AvgIpc) is 2.47. The lowest BCUT2D eigenvalue weighted by Crippen LogP contribution is -2.54. The Morgan fingerprint density at radius 3 is 2.15 bits per heavy atom. The molecular weight excluding hydrogens is 252 g/mol. The minimum absolute atomic E-state index is 0.0727. The molecule has 0 unspecified atom stereocenters. The Labute approximate surface area is 121 Å². The molecule has 110 valence electrons. The first-order valence-electron chi connectivity index (χ1n) is 7.10. The van der Waals surface area contributed by atoms with E-state index < -0.39 is 5.60 Å². The number of ether oxygens (including phenoxy) is 1. The highest BCUT2D eigenvalue weighted by molar-refractivity contribution is 5.84. The van der Waals surface area contributed by atoms with Crippen LogP contribution < -0.4 is 4.90 Å². The first-order chi connectivity index (χ1) is 9.44. The van der Waals surface area contributed by atoms with Crippen molar-refractivity contribution in [2.75, 3.05) is 38.2 Å². The second kappa shape index (κ2) is 5.83. The van der Waals surface area contributed by atoms with Gasteiger partial charge in [-0.25, -0.2) is 0 Å². The van der Waals surface area contributed by atoms with Crippen LogP contribution in [0, 0.1) is 6.92 Å². The van der Waals surface area contributed by atoms with Crippen LogP contribution >= 0.6 is 0 Å². The van der Waals surface area contributed by atoms with Gasteiger partial charge in [0.25, 0.3) is 5.91 Å². The van der Waals surface area contributed by atoms with Crippen LogP contribution in [0.25, 0.3) is 0 Å². The van der Waals surface area contributed by atoms with Gasteiger partial charge < -0.3 is 14.5 Å². The van der Waals surface area contributed by atoms with Crippen molar-refractivity contribution in [1.29, 1.82) is 0 Å². The maximum Gasteiger partial charge on any atom is 0.254 e. The molecule has 0 spiro atoms. The van der Waals surface area contributed by atoms with Gasteiger partial charge in [0.15, 0.2) is 0 Å². The van der Waals surface area contributed by atoms with Crippen molar-refractivity contribution < 1.29 is 9.53 Å². The Hall–Kier alpha value is -1.55. The van der Waals surface area contributed by atoms with Crippen LogP contribution in [-0.2, 0) is 9.53 Å². The summed E-state index contributed by atoms with van der Waals surface area (Å²) in [5.74, 6) is 0.0727. The second-order valence-corrected chi connectivity index (χ2v) is 5.83. The van der Waals surface area contributed by atoms with Gasteiger partial charge in [0, 0.05) is 39.0 Å². The smallest absolute Gasteiger partial charge is 0.254 e. The number of carbonyl (C=O) groups excluding carboxylic acids is 1. The molecule has 1 heterocycles. The normalized spacial score (nSPS) is 16.4. The Morgan fingerprint density at radius 2 is 1.65 bits per heavy atom. The zero-order chi connectivity index (χ0) is 14.8. The fraction of sp³-hybridized carbons (Fsp3) is 0.562. The summed E-state index contributed by atoms with van der Waals surface area (Å²) < 4.78 is 5.27. The Balaban J connectivity index is 1.96. The quantitative estimate of drug-likeness (QED) is 0.847. The Kier molecular flexibility index (Phi) is 4.33. The molecule has 4 nitrogen and oxygen atoms in total. The molecule has 1 aromatic carbocycles. The lowest BCUT2D eigenvalue weighted by atomic mass is 10.1. The number of methoxy groups -OCH3 is 1. The van der Waals surface area contributed by atoms with E-state index in [2.05, 4.69) is 36.1 Å². The maximum absolute atomic E-state index is 12.3. The summed E-state index contributed by atoms with van der Waals surface area (Å²) >= 11 is 0. The molecule has 1 saturated heterocycles. The first kappa shape index (κ1) is 14.9. The third-order valence-corrected chi connectivity index (χ3v) is 3.99. The highest BCUT2D eigenvalue weighted by Crippen LogP contribution is 2.19.